The fourth-order valence-electron chi connectivity index (χ4n) is 1.93. The summed E-state index contributed by atoms with van der Waals surface area (Å²) in [5.74, 6) is 0.785. The zero-order chi connectivity index (χ0) is 16.1. The van der Waals surface area contributed by atoms with E-state index in [1.807, 2.05) is 17.6 Å². The average molecular weight is 318 g/mol. The van der Waals surface area contributed by atoms with Gasteiger partial charge in [-0.1, -0.05) is 0 Å². The maximum absolute atomic E-state index is 10.8. The minimum Gasteiger partial charge on any atom is -0.330 e. The van der Waals surface area contributed by atoms with Crippen LogP contribution in [0, 0.1) is 21.4 Å². The summed E-state index contributed by atoms with van der Waals surface area (Å²) in [7, 11) is 0. The van der Waals surface area contributed by atoms with Crippen LogP contribution in [0.1, 0.15) is 18.3 Å². The number of nitro benzene ring substituents is 1. The first-order valence-corrected chi connectivity index (χ1v) is 7.40. The van der Waals surface area contributed by atoms with Crippen LogP contribution < -0.4 is 5.73 Å². The summed E-state index contributed by atoms with van der Waals surface area (Å²) >= 11 is 1.26. The molecule has 2 rings (SSSR count). The van der Waals surface area contributed by atoms with Crippen molar-refractivity contribution in [2.45, 2.75) is 29.9 Å². The second-order valence-electron chi connectivity index (χ2n) is 4.33. The molecule has 0 aliphatic rings. The van der Waals surface area contributed by atoms with Crippen LogP contribution in [0.15, 0.2) is 28.3 Å². The van der Waals surface area contributed by atoms with E-state index in [2.05, 4.69) is 10.2 Å². The van der Waals surface area contributed by atoms with E-state index in [9.17, 15) is 15.4 Å². The maximum Gasteiger partial charge on any atom is 0.270 e. The van der Waals surface area contributed by atoms with Crippen molar-refractivity contribution in [2.75, 3.05) is 6.54 Å². The van der Waals surface area contributed by atoms with Gasteiger partial charge >= 0.3 is 0 Å². The van der Waals surface area contributed by atoms with Crippen molar-refractivity contribution < 1.29 is 4.92 Å². The second kappa shape index (κ2) is 7.02. The zero-order valence-electron chi connectivity index (χ0n) is 11.9. The molecular weight excluding hydrogens is 304 g/mol. The minimum absolute atomic E-state index is 0.110. The van der Waals surface area contributed by atoms with Gasteiger partial charge in [0.15, 0.2) is 5.16 Å². The smallest absolute Gasteiger partial charge is 0.270 e. The SMILES string of the molecule is CCn1c(CCN)nnc1Sc1ccc([N+](=O)[O-])cc1C#N. The van der Waals surface area contributed by atoms with Crippen molar-refractivity contribution in [1.82, 2.24) is 14.8 Å². The Balaban J connectivity index is 2.35. The lowest BCUT2D eigenvalue weighted by atomic mass is 10.2. The highest BCUT2D eigenvalue weighted by Gasteiger charge is 2.16. The Labute approximate surface area is 131 Å². The Morgan fingerprint density at radius 2 is 2.27 bits per heavy atom. The molecule has 0 radical (unpaired) electrons. The predicted molar refractivity (Wildman–Crippen MR) is 80.4 cm³/mol. The summed E-state index contributed by atoms with van der Waals surface area (Å²) in [4.78, 5) is 10.8. The van der Waals surface area contributed by atoms with E-state index in [-0.39, 0.29) is 11.3 Å². The summed E-state index contributed by atoms with van der Waals surface area (Å²) in [5.41, 5.74) is 5.67. The number of nitrogens with two attached hydrogens (primary N) is 1. The number of nitriles is 1. The van der Waals surface area contributed by atoms with E-state index < -0.39 is 4.92 Å². The van der Waals surface area contributed by atoms with E-state index in [4.69, 9.17) is 5.73 Å². The lowest BCUT2D eigenvalue weighted by Crippen LogP contribution is -2.09. The molecule has 2 aromatic rings. The van der Waals surface area contributed by atoms with Crippen molar-refractivity contribution in [1.29, 1.82) is 5.26 Å². The number of benzene rings is 1. The van der Waals surface area contributed by atoms with Crippen LogP contribution in [-0.4, -0.2) is 26.2 Å². The molecule has 0 unspecified atom stereocenters. The molecule has 9 heteroatoms. The van der Waals surface area contributed by atoms with Crippen molar-refractivity contribution >= 4 is 17.4 Å². The first-order valence-electron chi connectivity index (χ1n) is 6.59. The fraction of sp³-hybridized carbons (Fsp3) is 0.308. The molecule has 0 amide bonds. The molecule has 22 heavy (non-hydrogen) atoms. The van der Waals surface area contributed by atoms with Crippen molar-refractivity contribution in [3.63, 3.8) is 0 Å². The monoisotopic (exact) mass is 318 g/mol. The summed E-state index contributed by atoms with van der Waals surface area (Å²) < 4.78 is 1.92. The van der Waals surface area contributed by atoms with Crippen LogP contribution in [0.25, 0.3) is 0 Å². The molecule has 8 nitrogen and oxygen atoms in total. The van der Waals surface area contributed by atoms with E-state index in [1.165, 1.54) is 23.9 Å². The molecule has 1 aromatic carbocycles. The van der Waals surface area contributed by atoms with Crippen molar-refractivity contribution in [3.8, 4) is 6.07 Å². The molecule has 1 heterocycles. The predicted octanol–water partition coefficient (Wildman–Crippen LogP) is 1.73. The average Bonchev–Trinajstić information content (AvgIpc) is 2.89. The van der Waals surface area contributed by atoms with E-state index in [0.29, 0.717) is 29.6 Å². The summed E-state index contributed by atoms with van der Waals surface area (Å²) in [6, 6.07) is 6.16. The van der Waals surface area contributed by atoms with Gasteiger partial charge in [-0.3, -0.25) is 10.1 Å². The Morgan fingerprint density at radius 3 is 2.86 bits per heavy atom. The Morgan fingerprint density at radius 1 is 1.50 bits per heavy atom. The zero-order valence-corrected chi connectivity index (χ0v) is 12.7. The fourth-order valence-corrected chi connectivity index (χ4v) is 2.91. The largest absolute Gasteiger partial charge is 0.330 e. The third kappa shape index (κ3) is 3.24. The molecule has 2 N–H and O–H groups in total. The molecule has 0 aliphatic carbocycles. The topological polar surface area (TPSA) is 124 Å². The van der Waals surface area contributed by atoms with Gasteiger partial charge in [-0.15, -0.1) is 10.2 Å². The van der Waals surface area contributed by atoms with Gasteiger partial charge in [0.25, 0.3) is 5.69 Å². The number of rotatable bonds is 6. The quantitative estimate of drug-likeness (QED) is 0.635. The van der Waals surface area contributed by atoms with Crippen LogP contribution in [0.2, 0.25) is 0 Å². The van der Waals surface area contributed by atoms with Gasteiger partial charge in [-0.05, 0) is 31.3 Å². The lowest BCUT2D eigenvalue weighted by Gasteiger charge is -2.07. The van der Waals surface area contributed by atoms with Gasteiger partial charge in [0.1, 0.15) is 11.9 Å². The van der Waals surface area contributed by atoms with Gasteiger partial charge in [0, 0.05) is 30.0 Å². The molecule has 0 spiro atoms. The molecule has 0 saturated carbocycles. The van der Waals surface area contributed by atoms with Gasteiger partial charge in [0.2, 0.25) is 0 Å². The third-order valence-corrected chi connectivity index (χ3v) is 4.03. The maximum atomic E-state index is 10.8. The molecule has 114 valence electrons. The van der Waals surface area contributed by atoms with Crippen molar-refractivity contribution in [3.05, 3.63) is 39.7 Å². The number of hydrogen-bond acceptors (Lipinski definition) is 7. The van der Waals surface area contributed by atoms with Gasteiger partial charge in [0.05, 0.1) is 10.5 Å². The van der Waals surface area contributed by atoms with E-state index in [0.717, 1.165) is 5.82 Å². The molecule has 1 aromatic heterocycles. The Kier molecular flexibility index (Phi) is 5.08. The summed E-state index contributed by atoms with van der Waals surface area (Å²) in [6.45, 7) is 3.12. The summed E-state index contributed by atoms with van der Waals surface area (Å²) in [6.07, 6.45) is 0.618. The van der Waals surface area contributed by atoms with Gasteiger partial charge in [-0.2, -0.15) is 5.26 Å². The highest BCUT2D eigenvalue weighted by Crippen LogP contribution is 2.31. The van der Waals surface area contributed by atoms with Crippen LogP contribution in [0.5, 0.6) is 0 Å². The standard InChI is InChI=1S/C13H14N6O2S/c1-2-18-12(5-6-14)16-17-13(18)22-11-4-3-10(19(20)21)7-9(11)8-15/h3-4,7H,2,5-6,14H2,1H3. The number of nitrogens with zero attached hydrogens (tertiary/aromatic N) is 5. The van der Waals surface area contributed by atoms with Crippen LogP contribution in [-0.2, 0) is 13.0 Å². The summed E-state index contributed by atoms with van der Waals surface area (Å²) in [5, 5.41) is 28.8. The molecular formula is C13H14N6O2S. The molecule has 0 bridgehead atoms. The third-order valence-electron chi connectivity index (χ3n) is 2.97. The first-order chi connectivity index (χ1) is 10.6. The van der Waals surface area contributed by atoms with E-state index >= 15 is 0 Å². The molecule has 0 fully saturated rings. The van der Waals surface area contributed by atoms with Gasteiger partial charge < -0.3 is 10.3 Å². The number of nitro groups is 1. The normalized spacial score (nSPS) is 10.4. The number of non-ortho nitro benzene ring substituents is 1. The molecule has 0 aliphatic heterocycles. The lowest BCUT2D eigenvalue weighted by molar-refractivity contribution is -0.384. The number of hydrogen-bond donors (Lipinski definition) is 1. The van der Waals surface area contributed by atoms with E-state index in [1.54, 1.807) is 6.07 Å². The van der Waals surface area contributed by atoms with Crippen LogP contribution in [0.3, 0.4) is 0 Å². The highest BCUT2D eigenvalue weighted by molar-refractivity contribution is 7.99. The second-order valence-corrected chi connectivity index (χ2v) is 5.34. The van der Waals surface area contributed by atoms with Crippen molar-refractivity contribution in [2.24, 2.45) is 5.73 Å². The number of aromatic nitrogens is 3. The molecule has 0 atom stereocenters. The van der Waals surface area contributed by atoms with Crippen LogP contribution in [0.4, 0.5) is 5.69 Å². The Bertz CT molecular complexity index is 737. The Hall–Kier alpha value is -2.44. The van der Waals surface area contributed by atoms with Crippen LogP contribution >= 0.6 is 11.8 Å². The highest BCUT2D eigenvalue weighted by atomic mass is 32.2. The first kappa shape index (κ1) is 15.9. The van der Waals surface area contributed by atoms with Gasteiger partial charge in [-0.25, -0.2) is 0 Å². The minimum atomic E-state index is -0.525. The molecule has 0 saturated heterocycles.